The highest BCUT2D eigenvalue weighted by molar-refractivity contribution is 6.31. The summed E-state index contributed by atoms with van der Waals surface area (Å²) in [5.41, 5.74) is 1.53. The van der Waals surface area contributed by atoms with Crippen molar-refractivity contribution in [3.8, 4) is 0 Å². The summed E-state index contributed by atoms with van der Waals surface area (Å²) in [4.78, 5) is 26.5. The van der Waals surface area contributed by atoms with Gasteiger partial charge in [-0.3, -0.25) is 9.36 Å². The number of nitrogens with zero attached hydrogens (tertiary/aromatic N) is 2. The van der Waals surface area contributed by atoms with Crippen LogP contribution in [0.25, 0.3) is 11.1 Å². The first-order valence-corrected chi connectivity index (χ1v) is 9.22. The van der Waals surface area contributed by atoms with Crippen molar-refractivity contribution in [3.05, 3.63) is 33.8 Å². The molecule has 0 bridgehead atoms. The predicted octanol–water partition coefficient (Wildman–Crippen LogP) is 2.24. The molecule has 4 rings (SSSR count). The van der Waals surface area contributed by atoms with Crippen molar-refractivity contribution in [2.45, 2.75) is 32.2 Å². The molecule has 25 heavy (non-hydrogen) atoms. The molecule has 2 saturated heterocycles. The summed E-state index contributed by atoms with van der Waals surface area (Å²) in [6.45, 7) is 4.13. The average Bonchev–Trinajstić information content (AvgIpc) is 3.17. The van der Waals surface area contributed by atoms with Crippen LogP contribution in [0.3, 0.4) is 0 Å². The van der Waals surface area contributed by atoms with Crippen molar-refractivity contribution in [3.63, 3.8) is 0 Å². The van der Waals surface area contributed by atoms with Crippen molar-refractivity contribution < 1.29 is 9.21 Å². The minimum Gasteiger partial charge on any atom is -0.408 e. The molecule has 134 valence electrons. The van der Waals surface area contributed by atoms with Gasteiger partial charge >= 0.3 is 5.76 Å². The molecule has 1 amide bonds. The molecular formula is C18H22ClN3O3. The molecule has 1 aromatic carbocycles. The number of aryl methyl sites for hydroxylation is 1. The first-order valence-electron chi connectivity index (χ1n) is 8.84. The SMILES string of the molecule is O=C(CCn1c(=O)oc2cc(Cl)ccc21)N1CCC2(CCNC2)CC1. The molecule has 2 aromatic rings. The van der Waals surface area contributed by atoms with E-state index in [-0.39, 0.29) is 5.91 Å². The summed E-state index contributed by atoms with van der Waals surface area (Å²) < 4.78 is 6.72. The summed E-state index contributed by atoms with van der Waals surface area (Å²) >= 11 is 5.92. The van der Waals surface area contributed by atoms with Crippen LogP contribution in [0.15, 0.2) is 27.4 Å². The number of rotatable bonds is 3. The number of carbonyl (C=O) groups excluding carboxylic acids is 1. The van der Waals surface area contributed by atoms with Gasteiger partial charge in [-0.15, -0.1) is 0 Å². The number of likely N-dealkylation sites (tertiary alicyclic amines) is 1. The van der Waals surface area contributed by atoms with E-state index in [0.717, 1.165) is 39.0 Å². The van der Waals surface area contributed by atoms with Gasteiger partial charge in [-0.05, 0) is 43.4 Å². The predicted molar refractivity (Wildman–Crippen MR) is 95.8 cm³/mol. The Morgan fingerprint density at radius 1 is 1.28 bits per heavy atom. The first-order chi connectivity index (χ1) is 12.1. The maximum Gasteiger partial charge on any atom is 0.419 e. The Balaban J connectivity index is 1.39. The molecule has 1 aromatic heterocycles. The van der Waals surface area contributed by atoms with Gasteiger partial charge in [0.1, 0.15) is 0 Å². The van der Waals surface area contributed by atoms with Gasteiger partial charge in [-0.2, -0.15) is 0 Å². The molecule has 0 aliphatic carbocycles. The molecule has 1 N–H and O–H groups in total. The van der Waals surface area contributed by atoms with E-state index in [2.05, 4.69) is 5.32 Å². The van der Waals surface area contributed by atoms with Crippen LogP contribution in [-0.4, -0.2) is 41.6 Å². The number of amides is 1. The zero-order valence-electron chi connectivity index (χ0n) is 14.1. The van der Waals surface area contributed by atoms with Gasteiger partial charge in [0.05, 0.1) is 5.52 Å². The second kappa shape index (κ2) is 6.50. The molecule has 0 unspecified atom stereocenters. The fourth-order valence-corrected chi connectivity index (χ4v) is 4.23. The zero-order chi connectivity index (χ0) is 17.4. The fourth-order valence-electron chi connectivity index (χ4n) is 4.07. The normalized spacial score (nSPS) is 19.8. The van der Waals surface area contributed by atoms with E-state index in [1.807, 2.05) is 4.90 Å². The summed E-state index contributed by atoms with van der Waals surface area (Å²) in [6.07, 6.45) is 3.66. The van der Waals surface area contributed by atoms with Crippen LogP contribution in [0.2, 0.25) is 5.02 Å². The smallest absolute Gasteiger partial charge is 0.408 e. The van der Waals surface area contributed by atoms with Crippen LogP contribution in [0, 0.1) is 5.41 Å². The number of carbonyl (C=O) groups is 1. The van der Waals surface area contributed by atoms with Crippen molar-refractivity contribution >= 4 is 28.6 Å². The van der Waals surface area contributed by atoms with E-state index < -0.39 is 5.76 Å². The molecule has 7 heteroatoms. The van der Waals surface area contributed by atoms with Crippen LogP contribution in [0.5, 0.6) is 0 Å². The van der Waals surface area contributed by atoms with E-state index in [9.17, 15) is 9.59 Å². The molecule has 6 nitrogen and oxygen atoms in total. The standard InChI is InChI=1S/C18H22ClN3O3/c19-13-1-2-14-15(11-13)25-17(24)22(14)8-3-16(23)21-9-5-18(6-10-21)4-7-20-12-18/h1-2,11,20H,3-10,12H2. The Morgan fingerprint density at radius 3 is 2.80 bits per heavy atom. The minimum atomic E-state index is -0.445. The molecule has 2 aliphatic heterocycles. The van der Waals surface area contributed by atoms with Gasteiger partial charge < -0.3 is 14.6 Å². The molecule has 2 fully saturated rings. The zero-order valence-corrected chi connectivity index (χ0v) is 14.8. The highest BCUT2D eigenvalue weighted by atomic mass is 35.5. The number of aromatic nitrogens is 1. The lowest BCUT2D eigenvalue weighted by Crippen LogP contribution is -2.44. The third-order valence-corrected chi connectivity index (χ3v) is 5.92. The summed E-state index contributed by atoms with van der Waals surface area (Å²) in [5, 5.41) is 3.96. The summed E-state index contributed by atoms with van der Waals surface area (Å²) in [7, 11) is 0. The maximum atomic E-state index is 12.5. The number of nitrogens with one attached hydrogen (secondary N) is 1. The van der Waals surface area contributed by atoms with Crippen LogP contribution in [0.1, 0.15) is 25.7 Å². The minimum absolute atomic E-state index is 0.107. The van der Waals surface area contributed by atoms with E-state index >= 15 is 0 Å². The van der Waals surface area contributed by atoms with Crippen LogP contribution in [-0.2, 0) is 11.3 Å². The number of piperidine rings is 1. The van der Waals surface area contributed by atoms with Crippen molar-refractivity contribution in [2.24, 2.45) is 5.41 Å². The van der Waals surface area contributed by atoms with Gasteiger partial charge in [0.25, 0.3) is 0 Å². The molecule has 1 spiro atoms. The molecule has 0 radical (unpaired) electrons. The highest BCUT2D eigenvalue weighted by Gasteiger charge is 2.37. The lowest BCUT2D eigenvalue weighted by atomic mass is 9.78. The number of hydrogen-bond acceptors (Lipinski definition) is 4. The monoisotopic (exact) mass is 363 g/mol. The quantitative estimate of drug-likeness (QED) is 0.908. The highest BCUT2D eigenvalue weighted by Crippen LogP contribution is 2.37. The number of hydrogen-bond donors (Lipinski definition) is 1. The Bertz CT molecular complexity index is 841. The maximum absolute atomic E-state index is 12.5. The van der Waals surface area contributed by atoms with Crippen LogP contribution >= 0.6 is 11.6 Å². The average molecular weight is 364 g/mol. The number of oxazole rings is 1. The topological polar surface area (TPSA) is 67.5 Å². The van der Waals surface area contributed by atoms with E-state index in [1.54, 1.807) is 18.2 Å². The Hall–Kier alpha value is -1.79. The first kappa shape index (κ1) is 16.7. The van der Waals surface area contributed by atoms with Crippen molar-refractivity contribution in [1.29, 1.82) is 0 Å². The lowest BCUT2D eigenvalue weighted by molar-refractivity contribution is -0.133. The Morgan fingerprint density at radius 2 is 2.08 bits per heavy atom. The molecular weight excluding hydrogens is 342 g/mol. The van der Waals surface area contributed by atoms with Gasteiger partial charge in [-0.25, -0.2) is 4.79 Å². The second-order valence-corrected chi connectivity index (χ2v) is 7.63. The molecule has 0 saturated carbocycles. The van der Waals surface area contributed by atoms with Crippen molar-refractivity contribution in [2.75, 3.05) is 26.2 Å². The van der Waals surface area contributed by atoms with E-state index in [0.29, 0.717) is 34.5 Å². The van der Waals surface area contributed by atoms with Crippen LogP contribution < -0.4 is 11.1 Å². The van der Waals surface area contributed by atoms with Gasteiger partial charge in [0.15, 0.2) is 5.58 Å². The van der Waals surface area contributed by atoms with Gasteiger partial charge in [0, 0.05) is 43.7 Å². The third kappa shape index (κ3) is 3.20. The largest absolute Gasteiger partial charge is 0.419 e. The molecule has 2 aliphatic rings. The van der Waals surface area contributed by atoms with Gasteiger partial charge in [0.2, 0.25) is 5.91 Å². The molecule has 0 atom stereocenters. The number of benzene rings is 1. The van der Waals surface area contributed by atoms with E-state index in [4.69, 9.17) is 16.0 Å². The molecule has 3 heterocycles. The second-order valence-electron chi connectivity index (χ2n) is 7.19. The summed E-state index contributed by atoms with van der Waals surface area (Å²) in [6, 6.07) is 5.10. The van der Waals surface area contributed by atoms with Crippen LogP contribution in [0.4, 0.5) is 0 Å². The van der Waals surface area contributed by atoms with Gasteiger partial charge in [-0.1, -0.05) is 11.6 Å². The van der Waals surface area contributed by atoms with Crippen molar-refractivity contribution in [1.82, 2.24) is 14.8 Å². The fraction of sp³-hybridized carbons (Fsp3) is 0.556. The third-order valence-electron chi connectivity index (χ3n) is 5.69. The Kier molecular flexibility index (Phi) is 4.33. The Labute approximate surface area is 150 Å². The number of halogens is 1. The summed E-state index contributed by atoms with van der Waals surface area (Å²) in [5.74, 6) is -0.337. The lowest BCUT2D eigenvalue weighted by Gasteiger charge is -2.39. The van der Waals surface area contributed by atoms with E-state index in [1.165, 1.54) is 11.0 Å². The number of fused-ring (bicyclic) bond motifs is 1.